The van der Waals surface area contributed by atoms with Gasteiger partial charge in [0, 0.05) is 11.8 Å². The molecule has 0 saturated carbocycles. The summed E-state index contributed by atoms with van der Waals surface area (Å²) in [6.45, 7) is 2.13. The zero-order valence-corrected chi connectivity index (χ0v) is 15.0. The molecule has 3 heterocycles. The molecule has 1 aromatic carbocycles. The van der Waals surface area contributed by atoms with Crippen molar-refractivity contribution in [3.63, 3.8) is 0 Å². The van der Waals surface area contributed by atoms with Crippen molar-refractivity contribution >= 4 is 23.1 Å². The fourth-order valence-corrected chi connectivity index (χ4v) is 3.76. The maximum absolute atomic E-state index is 12.9. The van der Waals surface area contributed by atoms with Crippen LogP contribution in [0.1, 0.15) is 17.1 Å². The number of benzene rings is 1. The lowest BCUT2D eigenvalue weighted by Crippen LogP contribution is -2.42. The largest absolute Gasteiger partial charge is 0.462 e. The number of alkyl halides is 3. The first-order valence-corrected chi connectivity index (χ1v) is 8.87. The van der Waals surface area contributed by atoms with E-state index in [1.54, 1.807) is 29.2 Å². The second-order valence-corrected chi connectivity index (χ2v) is 7.11. The van der Waals surface area contributed by atoms with Crippen molar-refractivity contribution in [3.05, 3.63) is 73.2 Å². The predicted molar refractivity (Wildman–Crippen MR) is 95.2 cm³/mol. The number of aryl methyl sites for hydroxylation is 1. The fourth-order valence-electron chi connectivity index (χ4n) is 2.81. The molecule has 5 nitrogen and oxygen atoms in total. The Kier molecular flexibility index (Phi) is 4.18. The van der Waals surface area contributed by atoms with Crippen molar-refractivity contribution in [3.8, 4) is 0 Å². The third-order valence-corrected chi connectivity index (χ3v) is 5.19. The van der Waals surface area contributed by atoms with Crippen molar-refractivity contribution in [2.45, 2.75) is 19.8 Å². The predicted octanol–water partition coefficient (Wildman–Crippen LogP) is 2.71. The number of hydrogen-bond donors (Lipinski definition) is 0. The van der Waals surface area contributed by atoms with Crippen LogP contribution in [0.25, 0.3) is 6.08 Å². The third-order valence-electron chi connectivity index (χ3n) is 4.15. The summed E-state index contributed by atoms with van der Waals surface area (Å²) in [5.41, 5.74) is -0.611. The molecule has 1 aliphatic rings. The summed E-state index contributed by atoms with van der Waals surface area (Å²) in [5, 5.41) is 0. The average Bonchev–Trinajstić information content (AvgIpc) is 3.18. The van der Waals surface area contributed by atoms with E-state index in [0.29, 0.717) is 20.8 Å². The maximum atomic E-state index is 12.9. The van der Waals surface area contributed by atoms with Crippen LogP contribution in [0.2, 0.25) is 0 Å². The lowest BCUT2D eigenvalue weighted by atomic mass is 10.2. The molecule has 2 aromatic heterocycles. The van der Waals surface area contributed by atoms with E-state index in [4.69, 9.17) is 4.42 Å². The van der Waals surface area contributed by atoms with Crippen LogP contribution < -0.4 is 19.8 Å². The fraction of sp³-hybridized carbons (Fsp3) is 0.222. The highest BCUT2D eigenvalue weighted by molar-refractivity contribution is 7.07. The van der Waals surface area contributed by atoms with Crippen molar-refractivity contribution in [2.24, 2.45) is 4.99 Å². The first-order chi connectivity index (χ1) is 12.8. The standard InChI is InChI=1S/C18H14F3N3O2S/c1-11-5-6-14(26-11)8-15-16(25)24-10-23(9-22-17(24)27-15)13-4-2-3-12(7-13)18(19,20)21/h2-8H,9-10H2,1H3/b15-8-. The van der Waals surface area contributed by atoms with Gasteiger partial charge in [-0.2, -0.15) is 13.2 Å². The molecule has 0 amide bonds. The molecule has 1 aliphatic heterocycles. The Morgan fingerprint density at radius 1 is 1.26 bits per heavy atom. The van der Waals surface area contributed by atoms with Gasteiger partial charge in [-0.05, 0) is 37.3 Å². The van der Waals surface area contributed by atoms with Gasteiger partial charge in [0.15, 0.2) is 4.80 Å². The molecular weight excluding hydrogens is 379 g/mol. The van der Waals surface area contributed by atoms with Gasteiger partial charge < -0.3 is 9.32 Å². The zero-order valence-electron chi connectivity index (χ0n) is 14.2. The van der Waals surface area contributed by atoms with Gasteiger partial charge in [0.05, 0.1) is 10.1 Å². The molecule has 0 fully saturated rings. The summed E-state index contributed by atoms with van der Waals surface area (Å²) < 4.78 is 46.2. The number of hydrogen-bond acceptors (Lipinski definition) is 5. The van der Waals surface area contributed by atoms with E-state index in [-0.39, 0.29) is 18.9 Å². The summed E-state index contributed by atoms with van der Waals surface area (Å²) in [6, 6.07) is 8.58. The molecular formula is C18H14F3N3O2S. The summed E-state index contributed by atoms with van der Waals surface area (Å²) in [7, 11) is 0. The summed E-state index contributed by atoms with van der Waals surface area (Å²) in [5.74, 6) is 1.31. The second-order valence-electron chi connectivity index (χ2n) is 6.10. The van der Waals surface area contributed by atoms with E-state index in [1.165, 1.54) is 22.0 Å². The molecule has 0 unspecified atom stereocenters. The number of fused-ring (bicyclic) bond motifs is 1. The summed E-state index contributed by atoms with van der Waals surface area (Å²) >= 11 is 1.23. The number of halogens is 3. The minimum Gasteiger partial charge on any atom is -0.462 e. The van der Waals surface area contributed by atoms with E-state index >= 15 is 0 Å². The molecule has 140 valence electrons. The lowest BCUT2D eigenvalue weighted by Gasteiger charge is -2.26. The Hall–Kier alpha value is -2.81. The van der Waals surface area contributed by atoms with Gasteiger partial charge in [0.1, 0.15) is 24.9 Å². The Balaban J connectivity index is 1.69. The second kappa shape index (κ2) is 6.41. The number of furan rings is 1. The van der Waals surface area contributed by atoms with Crippen LogP contribution in [0, 0.1) is 6.92 Å². The van der Waals surface area contributed by atoms with Gasteiger partial charge in [-0.25, -0.2) is 4.99 Å². The summed E-state index contributed by atoms with van der Waals surface area (Å²) in [6.07, 6.45) is -2.77. The van der Waals surface area contributed by atoms with Crippen LogP contribution in [0.15, 0.2) is 50.6 Å². The van der Waals surface area contributed by atoms with Crippen molar-refractivity contribution in [2.75, 3.05) is 11.6 Å². The van der Waals surface area contributed by atoms with Gasteiger partial charge in [0.2, 0.25) is 0 Å². The van der Waals surface area contributed by atoms with E-state index in [2.05, 4.69) is 4.99 Å². The normalized spacial score (nSPS) is 15.0. The van der Waals surface area contributed by atoms with Gasteiger partial charge in [0.25, 0.3) is 5.56 Å². The van der Waals surface area contributed by atoms with Crippen LogP contribution >= 0.6 is 11.3 Å². The van der Waals surface area contributed by atoms with Gasteiger partial charge in [-0.3, -0.25) is 9.36 Å². The van der Waals surface area contributed by atoms with Crippen LogP contribution in [-0.2, 0) is 12.8 Å². The van der Waals surface area contributed by atoms with Crippen LogP contribution in [0.4, 0.5) is 18.9 Å². The molecule has 4 rings (SSSR count). The van der Waals surface area contributed by atoms with Crippen LogP contribution in [-0.4, -0.2) is 11.2 Å². The number of anilines is 1. The highest BCUT2D eigenvalue weighted by Gasteiger charge is 2.31. The molecule has 3 aromatic rings. The number of thiazole rings is 1. The van der Waals surface area contributed by atoms with Crippen molar-refractivity contribution < 1.29 is 17.6 Å². The number of aromatic nitrogens is 1. The Labute approximate surface area is 155 Å². The van der Waals surface area contributed by atoms with Crippen LogP contribution in [0.5, 0.6) is 0 Å². The van der Waals surface area contributed by atoms with E-state index in [9.17, 15) is 18.0 Å². The Bertz CT molecular complexity index is 1170. The quantitative estimate of drug-likeness (QED) is 0.673. The first kappa shape index (κ1) is 17.6. The smallest absolute Gasteiger partial charge is 0.416 e. The van der Waals surface area contributed by atoms with Crippen LogP contribution in [0.3, 0.4) is 0 Å². The Morgan fingerprint density at radius 2 is 2.07 bits per heavy atom. The van der Waals surface area contributed by atoms with Gasteiger partial charge in [-0.15, -0.1) is 0 Å². The topological polar surface area (TPSA) is 50.7 Å². The number of nitrogens with zero attached hydrogens (tertiary/aromatic N) is 3. The minimum atomic E-state index is -4.42. The highest BCUT2D eigenvalue weighted by Crippen LogP contribution is 2.31. The molecule has 0 atom stereocenters. The van der Waals surface area contributed by atoms with Gasteiger partial charge >= 0.3 is 6.18 Å². The Morgan fingerprint density at radius 3 is 2.78 bits per heavy atom. The molecule has 0 N–H and O–H groups in total. The number of rotatable bonds is 2. The molecule has 9 heteroatoms. The molecule has 0 bridgehead atoms. The minimum absolute atomic E-state index is 0.139. The van der Waals surface area contributed by atoms with E-state index in [0.717, 1.165) is 17.9 Å². The molecule has 27 heavy (non-hydrogen) atoms. The lowest BCUT2D eigenvalue weighted by molar-refractivity contribution is -0.137. The SMILES string of the molecule is Cc1ccc(/C=c2\sc3n(c2=O)CN(c2cccc(C(F)(F)F)c2)CN=3)o1. The van der Waals surface area contributed by atoms with Crippen molar-refractivity contribution in [1.82, 2.24) is 4.57 Å². The zero-order chi connectivity index (χ0) is 19.2. The van der Waals surface area contributed by atoms with Crippen molar-refractivity contribution in [1.29, 1.82) is 0 Å². The molecule has 0 aliphatic carbocycles. The monoisotopic (exact) mass is 393 g/mol. The summed E-state index contributed by atoms with van der Waals surface area (Å²) in [4.78, 5) is 19.2. The molecule has 0 spiro atoms. The third kappa shape index (κ3) is 3.42. The maximum Gasteiger partial charge on any atom is 0.416 e. The van der Waals surface area contributed by atoms with E-state index < -0.39 is 11.7 Å². The first-order valence-electron chi connectivity index (χ1n) is 8.06. The van der Waals surface area contributed by atoms with Gasteiger partial charge in [-0.1, -0.05) is 17.4 Å². The average molecular weight is 393 g/mol. The molecule has 0 saturated heterocycles. The molecule has 0 radical (unpaired) electrons. The highest BCUT2D eigenvalue weighted by atomic mass is 32.1. The van der Waals surface area contributed by atoms with E-state index in [1.807, 2.05) is 6.92 Å².